The van der Waals surface area contributed by atoms with E-state index < -0.39 is 11.9 Å². The first-order chi connectivity index (χ1) is 8.68. The number of aliphatic hydroxyl groups is 1. The Kier molecular flexibility index (Phi) is 4.28. The lowest BCUT2D eigenvalue weighted by atomic mass is 10.1. The van der Waals surface area contributed by atoms with Crippen molar-refractivity contribution in [3.8, 4) is 0 Å². The largest absolute Gasteiger partial charge is 0.386 e. The first-order valence-corrected chi connectivity index (χ1v) is 6.09. The minimum absolute atomic E-state index is 0.0380. The molecule has 5 heteroatoms. The van der Waals surface area contributed by atoms with Gasteiger partial charge in [-0.05, 0) is 19.0 Å². The molecule has 2 rings (SSSR count). The first-order valence-electron chi connectivity index (χ1n) is 6.09. The average Bonchev–Trinajstić information content (AvgIpc) is 2.90. The van der Waals surface area contributed by atoms with Crippen LogP contribution in [0, 0.1) is 11.7 Å². The molecule has 1 saturated heterocycles. The van der Waals surface area contributed by atoms with Crippen molar-refractivity contribution < 1.29 is 14.3 Å². The van der Waals surface area contributed by atoms with Crippen LogP contribution in [-0.4, -0.2) is 30.6 Å². The number of amides is 1. The van der Waals surface area contributed by atoms with Gasteiger partial charge in [-0.3, -0.25) is 4.79 Å². The van der Waals surface area contributed by atoms with Gasteiger partial charge in [0.1, 0.15) is 5.82 Å². The molecule has 0 bridgehead atoms. The minimum atomic E-state index is -1.01. The van der Waals surface area contributed by atoms with Crippen molar-refractivity contribution in [2.45, 2.75) is 12.5 Å². The molecule has 1 aromatic rings. The van der Waals surface area contributed by atoms with Gasteiger partial charge in [0, 0.05) is 18.7 Å². The molecule has 0 aliphatic carbocycles. The highest BCUT2D eigenvalue weighted by molar-refractivity contribution is 5.79. The van der Waals surface area contributed by atoms with Crippen molar-refractivity contribution in [2.24, 2.45) is 5.92 Å². The molecule has 0 spiro atoms. The fourth-order valence-corrected chi connectivity index (χ4v) is 2.08. The van der Waals surface area contributed by atoms with E-state index in [1.54, 1.807) is 12.1 Å². The van der Waals surface area contributed by atoms with E-state index in [-0.39, 0.29) is 23.9 Å². The summed E-state index contributed by atoms with van der Waals surface area (Å²) in [7, 11) is 0. The van der Waals surface area contributed by atoms with E-state index in [1.807, 2.05) is 0 Å². The van der Waals surface area contributed by atoms with E-state index in [0.29, 0.717) is 6.54 Å². The van der Waals surface area contributed by atoms with E-state index in [2.05, 4.69) is 10.6 Å². The second-order valence-electron chi connectivity index (χ2n) is 4.47. The molecule has 4 nitrogen and oxygen atoms in total. The molecule has 98 valence electrons. The van der Waals surface area contributed by atoms with Gasteiger partial charge in [-0.2, -0.15) is 0 Å². The molecule has 1 aliphatic heterocycles. The van der Waals surface area contributed by atoms with Crippen LogP contribution in [0.25, 0.3) is 0 Å². The van der Waals surface area contributed by atoms with Crippen molar-refractivity contribution in [3.05, 3.63) is 35.6 Å². The van der Waals surface area contributed by atoms with Gasteiger partial charge in [0.05, 0.1) is 12.0 Å². The Morgan fingerprint density at radius 2 is 2.33 bits per heavy atom. The van der Waals surface area contributed by atoms with Gasteiger partial charge >= 0.3 is 0 Å². The number of aliphatic hydroxyl groups excluding tert-OH is 1. The number of carbonyl (C=O) groups is 1. The third kappa shape index (κ3) is 3.05. The number of hydrogen-bond donors (Lipinski definition) is 3. The summed E-state index contributed by atoms with van der Waals surface area (Å²) in [5, 5.41) is 15.6. The Hall–Kier alpha value is -1.46. The van der Waals surface area contributed by atoms with Crippen LogP contribution >= 0.6 is 0 Å². The Morgan fingerprint density at radius 1 is 1.56 bits per heavy atom. The second-order valence-corrected chi connectivity index (χ2v) is 4.47. The normalized spacial score (nSPS) is 20.7. The molecule has 0 aromatic heterocycles. The molecule has 18 heavy (non-hydrogen) atoms. The fraction of sp³-hybridized carbons (Fsp3) is 0.462. The Balaban J connectivity index is 1.86. The molecule has 1 heterocycles. The highest BCUT2D eigenvalue weighted by atomic mass is 19.1. The minimum Gasteiger partial charge on any atom is -0.386 e. The van der Waals surface area contributed by atoms with Crippen LogP contribution in [0.2, 0.25) is 0 Å². The van der Waals surface area contributed by atoms with Crippen LogP contribution in [0.1, 0.15) is 18.1 Å². The Bertz CT molecular complexity index is 419. The molecule has 2 atom stereocenters. The van der Waals surface area contributed by atoms with Crippen molar-refractivity contribution in [2.75, 3.05) is 19.6 Å². The molecule has 3 N–H and O–H groups in total. The summed E-state index contributed by atoms with van der Waals surface area (Å²) in [4.78, 5) is 11.7. The quantitative estimate of drug-likeness (QED) is 0.735. The van der Waals surface area contributed by atoms with Gasteiger partial charge in [-0.15, -0.1) is 0 Å². The number of carbonyl (C=O) groups excluding carboxylic acids is 1. The maximum Gasteiger partial charge on any atom is 0.224 e. The van der Waals surface area contributed by atoms with E-state index in [9.17, 15) is 14.3 Å². The predicted molar refractivity (Wildman–Crippen MR) is 65.3 cm³/mol. The molecule has 1 amide bonds. The van der Waals surface area contributed by atoms with Crippen LogP contribution in [-0.2, 0) is 4.79 Å². The van der Waals surface area contributed by atoms with Gasteiger partial charge < -0.3 is 15.7 Å². The molecule has 0 unspecified atom stereocenters. The second kappa shape index (κ2) is 5.93. The van der Waals surface area contributed by atoms with Gasteiger partial charge in [-0.1, -0.05) is 18.2 Å². The molecule has 0 saturated carbocycles. The average molecular weight is 252 g/mol. The van der Waals surface area contributed by atoms with Crippen LogP contribution in [0.3, 0.4) is 0 Å². The zero-order valence-corrected chi connectivity index (χ0v) is 10.0. The smallest absolute Gasteiger partial charge is 0.224 e. The summed E-state index contributed by atoms with van der Waals surface area (Å²) in [6.07, 6.45) is -0.203. The highest BCUT2D eigenvalue weighted by Crippen LogP contribution is 2.16. The van der Waals surface area contributed by atoms with E-state index in [1.165, 1.54) is 12.1 Å². The topological polar surface area (TPSA) is 61.4 Å². The standard InChI is InChI=1S/C13H17FN2O2/c14-11-4-2-1-3-10(11)12(17)8-16-13(18)9-5-6-15-7-9/h1-4,9,12,15,17H,5-8H2,(H,16,18)/t9-,12+/m0/s1. The Morgan fingerprint density at radius 3 is 3.00 bits per heavy atom. The number of rotatable bonds is 4. The lowest BCUT2D eigenvalue weighted by Gasteiger charge is -2.15. The third-order valence-corrected chi connectivity index (χ3v) is 3.16. The third-order valence-electron chi connectivity index (χ3n) is 3.16. The van der Waals surface area contributed by atoms with E-state index in [0.717, 1.165) is 13.0 Å². The van der Waals surface area contributed by atoms with Crippen molar-refractivity contribution in [1.82, 2.24) is 10.6 Å². The molecule has 1 fully saturated rings. The summed E-state index contributed by atoms with van der Waals surface area (Å²) in [5.41, 5.74) is 0.211. The summed E-state index contributed by atoms with van der Waals surface area (Å²) < 4.78 is 13.4. The number of nitrogens with one attached hydrogen (secondary N) is 2. The molecule has 0 radical (unpaired) electrons. The number of halogens is 1. The van der Waals surface area contributed by atoms with Gasteiger partial charge in [0.15, 0.2) is 0 Å². The number of hydrogen-bond acceptors (Lipinski definition) is 3. The van der Waals surface area contributed by atoms with Gasteiger partial charge in [0.2, 0.25) is 5.91 Å². The maximum absolute atomic E-state index is 13.4. The monoisotopic (exact) mass is 252 g/mol. The number of benzene rings is 1. The van der Waals surface area contributed by atoms with Crippen LogP contribution in [0.5, 0.6) is 0 Å². The summed E-state index contributed by atoms with van der Waals surface area (Å²) in [6.45, 7) is 1.55. The SMILES string of the molecule is O=C(NC[C@@H](O)c1ccccc1F)[C@H]1CCNC1. The summed E-state index contributed by atoms with van der Waals surface area (Å²) >= 11 is 0. The fourth-order valence-electron chi connectivity index (χ4n) is 2.08. The zero-order valence-electron chi connectivity index (χ0n) is 10.0. The lowest BCUT2D eigenvalue weighted by molar-refractivity contribution is -0.124. The first kappa shape index (κ1) is 13.0. The van der Waals surface area contributed by atoms with E-state index >= 15 is 0 Å². The van der Waals surface area contributed by atoms with Gasteiger partial charge in [0.25, 0.3) is 0 Å². The molecular formula is C13H17FN2O2. The van der Waals surface area contributed by atoms with Crippen LogP contribution in [0.15, 0.2) is 24.3 Å². The maximum atomic E-state index is 13.4. The molecular weight excluding hydrogens is 235 g/mol. The molecule has 1 aromatic carbocycles. The van der Waals surface area contributed by atoms with Crippen molar-refractivity contribution in [1.29, 1.82) is 0 Å². The summed E-state index contributed by atoms with van der Waals surface area (Å²) in [5.74, 6) is -0.588. The lowest BCUT2D eigenvalue weighted by Crippen LogP contribution is -2.34. The van der Waals surface area contributed by atoms with Gasteiger partial charge in [-0.25, -0.2) is 4.39 Å². The predicted octanol–water partition coefficient (Wildman–Crippen LogP) is 0.585. The van der Waals surface area contributed by atoms with E-state index in [4.69, 9.17) is 0 Å². The highest BCUT2D eigenvalue weighted by Gasteiger charge is 2.23. The zero-order chi connectivity index (χ0) is 13.0. The van der Waals surface area contributed by atoms with Crippen LogP contribution < -0.4 is 10.6 Å². The van der Waals surface area contributed by atoms with Crippen LogP contribution in [0.4, 0.5) is 4.39 Å². The van der Waals surface area contributed by atoms with Crippen molar-refractivity contribution >= 4 is 5.91 Å². The summed E-state index contributed by atoms with van der Waals surface area (Å²) in [6, 6.07) is 6.03. The van der Waals surface area contributed by atoms with Crippen molar-refractivity contribution in [3.63, 3.8) is 0 Å². The Labute approximate surface area is 105 Å². The molecule has 1 aliphatic rings.